The third-order valence-corrected chi connectivity index (χ3v) is 2.43. The van der Waals surface area contributed by atoms with Crippen molar-refractivity contribution in [3.63, 3.8) is 0 Å². The predicted molar refractivity (Wildman–Crippen MR) is 70.5 cm³/mol. The largest absolute Gasteiger partial charge is 0.497 e. The predicted octanol–water partition coefficient (Wildman–Crippen LogP) is 3.08. The van der Waals surface area contributed by atoms with E-state index in [-0.39, 0.29) is 0 Å². The maximum absolute atomic E-state index is 5.75. The Kier molecular flexibility index (Phi) is 3.57. The van der Waals surface area contributed by atoms with Gasteiger partial charge in [0.15, 0.2) is 0 Å². The lowest BCUT2D eigenvalue weighted by Gasteiger charge is -2.09. The SMILES string of the molecule is COc1ccc(Oc2cc(N)cc(OC)c2)cc1. The summed E-state index contributed by atoms with van der Waals surface area (Å²) < 4.78 is 15.9. The van der Waals surface area contributed by atoms with Crippen molar-refractivity contribution in [2.24, 2.45) is 0 Å². The number of rotatable bonds is 4. The molecule has 0 bridgehead atoms. The maximum atomic E-state index is 5.75. The van der Waals surface area contributed by atoms with Gasteiger partial charge in [-0.3, -0.25) is 0 Å². The summed E-state index contributed by atoms with van der Waals surface area (Å²) in [5.74, 6) is 2.80. The molecule has 0 aromatic heterocycles. The van der Waals surface area contributed by atoms with Gasteiger partial charge in [0.2, 0.25) is 0 Å². The Morgan fingerprint density at radius 3 is 1.89 bits per heavy atom. The maximum Gasteiger partial charge on any atom is 0.133 e. The van der Waals surface area contributed by atoms with Crippen molar-refractivity contribution in [1.29, 1.82) is 0 Å². The molecule has 0 atom stereocenters. The lowest BCUT2D eigenvalue weighted by Crippen LogP contribution is -1.91. The van der Waals surface area contributed by atoms with Crippen molar-refractivity contribution in [1.82, 2.24) is 0 Å². The summed E-state index contributed by atoms with van der Waals surface area (Å²) in [4.78, 5) is 0. The first-order valence-electron chi connectivity index (χ1n) is 5.48. The van der Waals surface area contributed by atoms with Gasteiger partial charge in [0.05, 0.1) is 14.2 Å². The minimum atomic E-state index is 0.595. The quantitative estimate of drug-likeness (QED) is 0.841. The zero-order valence-corrected chi connectivity index (χ0v) is 10.3. The Morgan fingerprint density at radius 1 is 0.722 bits per heavy atom. The van der Waals surface area contributed by atoms with Gasteiger partial charge in [-0.25, -0.2) is 0 Å². The highest BCUT2D eigenvalue weighted by molar-refractivity contribution is 5.51. The summed E-state index contributed by atoms with van der Waals surface area (Å²) in [6.07, 6.45) is 0. The molecule has 2 aromatic carbocycles. The van der Waals surface area contributed by atoms with Crippen molar-refractivity contribution in [2.75, 3.05) is 20.0 Å². The molecular weight excluding hydrogens is 230 g/mol. The molecular formula is C14H15NO3. The molecule has 0 amide bonds. The standard InChI is InChI=1S/C14H15NO3/c1-16-11-3-5-12(6-4-11)18-14-8-10(15)7-13(9-14)17-2/h3-9H,15H2,1-2H3. The van der Waals surface area contributed by atoms with Crippen molar-refractivity contribution in [3.05, 3.63) is 42.5 Å². The highest BCUT2D eigenvalue weighted by atomic mass is 16.5. The van der Waals surface area contributed by atoms with E-state index < -0.39 is 0 Å². The smallest absolute Gasteiger partial charge is 0.133 e. The van der Waals surface area contributed by atoms with E-state index in [0.29, 0.717) is 22.9 Å². The van der Waals surface area contributed by atoms with Crippen molar-refractivity contribution < 1.29 is 14.2 Å². The molecule has 0 aliphatic rings. The zero-order chi connectivity index (χ0) is 13.0. The molecule has 0 unspecified atom stereocenters. The molecule has 0 saturated heterocycles. The summed E-state index contributed by atoms with van der Waals surface area (Å²) in [5.41, 5.74) is 6.35. The second-order valence-electron chi connectivity index (χ2n) is 3.72. The van der Waals surface area contributed by atoms with Crippen LogP contribution in [-0.4, -0.2) is 14.2 Å². The first-order chi connectivity index (χ1) is 8.71. The molecule has 0 fully saturated rings. The highest BCUT2D eigenvalue weighted by Gasteiger charge is 2.02. The number of methoxy groups -OCH3 is 2. The molecule has 2 rings (SSSR count). The van der Waals surface area contributed by atoms with Crippen LogP contribution in [0.15, 0.2) is 42.5 Å². The lowest BCUT2D eigenvalue weighted by molar-refractivity contribution is 0.407. The number of nitrogen functional groups attached to an aromatic ring is 1. The normalized spacial score (nSPS) is 9.89. The number of ether oxygens (including phenoxy) is 3. The van der Waals surface area contributed by atoms with Crippen LogP contribution in [0, 0.1) is 0 Å². The highest BCUT2D eigenvalue weighted by Crippen LogP contribution is 2.29. The van der Waals surface area contributed by atoms with Crippen LogP contribution in [0.4, 0.5) is 5.69 Å². The van der Waals surface area contributed by atoms with Gasteiger partial charge in [-0.05, 0) is 24.3 Å². The summed E-state index contributed by atoms with van der Waals surface area (Å²) in [6, 6.07) is 12.6. The molecule has 0 radical (unpaired) electrons. The fourth-order valence-corrected chi connectivity index (χ4v) is 1.55. The molecule has 0 saturated carbocycles. The Bertz CT molecular complexity index is 523. The van der Waals surface area contributed by atoms with Crippen LogP contribution < -0.4 is 19.9 Å². The molecule has 0 aliphatic heterocycles. The van der Waals surface area contributed by atoms with Crippen LogP contribution in [0.5, 0.6) is 23.0 Å². The van der Waals surface area contributed by atoms with Crippen LogP contribution in [0.25, 0.3) is 0 Å². The second-order valence-corrected chi connectivity index (χ2v) is 3.72. The minimum Gasteiger partial charge on any atom is -0.497 e. The first-order valence-corrected chi connectivity index (χ1v) is 5.48. The molecule has 0 heterocycles. The average molecular weight is 245 g/mol. The molecule has 0 spiro atoms. The number of anilines is 1. The van der Waals surface area contributed by atoms with E-state index in [1.54, 1.807) is 32.4 Å². The Morgan fingerprint density at radius 2 is 1.28 bits per heavy atom. The molecule has 4 heteroatoms. The average Bonchev–Trinajstić information content (AvgIpc) is 2.39. The minimum absolute atomic E-state index is 0.595. The van der Waals surface area contributed by atoms with Crippen LogP contribution in [0.1, 0.15) is 0 Å². The summed E-state index contributed by atoms with van der Waals surface area (Å²) in [7, 11) is 3.21. The number of benzene rings is 2. The van der Waals surface area contributed by atoms with Crippen LogP contribution in [-0.2, 0) is 0 Å². The Hall–Kier alpha value is -2.36. The third-order valence-electron chi connectivity index (χ3n) is 2.43. The van der Waals surface area contributed by atoms with Crippen LogP contribution >= 0.6 is 0 Å². The van der Waals surface area contributed by atoms with Crippen LogP contribution in [0.3, 0.4) is 0 Å². The molecule has 2 aromatic rings. The monoisotopic (exact) mass is 245 g/mol. The van der Waals surface area contributed by atoms with E-state index in [4.69, 9.17) is 19.9 Å². The first kappa shape index (κ1) is 12.1. The van der Waals surface area contributed by atoms with Gasteiger partial charge in [-0.2, -0.15) is 0 Å². The van der Waals surface area contributed by atoms with E-state index in [2.05, 4.69) is 0 Å². The van der Waals surface area contributed by atoms with Crippen LogP contribution in [0.2, 0.25) is 0 Å². The van der Waals surface area contributed by atoms with Gasteiger partial charge in [0.1, 0.15) is 23.0 Å². The summed E-state index contributed by atoms with van der Waals surface area (Å²) >= 11 is 0. The molecule has 94 valence electrons. The lowest BCUT2D eigenvalue weighted by atomic mass is 10.3. The molecule has 0 aliphatic carbocycles. The van der Waals surface area contributed by atoms with Gasteiger partial charge in [0, 0.05) is 23.9 Å². The van der Waals surface area contributed by atoms with E-state index in [1.165, 1.54) is 0 Å². The zero-order valence-electron chi connectivity index (χ0n) is 10.3. The van der Waals surface area contributed by atoms with E-state index >= 15 is 0 Å². The fourth-order valence-electron chi connectivity index (χ4n) is 1.55. The van der Waals surface area contributed by atoms with E-state index in [0.717, 1.165) is 5.75 Å². The third kappa shape index (κ3) is 2.85. The Balaban J connectivity index is 2.19. The van der Waals surface area contributed by atoms with Crippen molar-refractivity contribution >= 4 is 5.69 Å². The number of hydrogen-bond acceptors (Lipinski definition) is 4. The Labute approximate surface area is 106 Å². The van der Waals surface area contributed by atoms with Gasteiger partial charge < -0.3 is 19.9 Å². The molecule has 2 N–H and O–H groups in total. The number of hydrogen-bond donors (Lipinski definition) is 1. The van der Waals surface area contributed by atoms with Gasteiger partial charge in [-0.15, -0.1) is 0 Å². The fraction of sp³-hybridized carbons (Fsp3) is 0.143. The molecule has 4 nitrogen and oxygen atoms in total. The molecule has 18 heavy (non-hydrogen) atoms. The number of nitrogens with two attached hydrogens (primary N) is 1. The topological polar surface area (TPSA) is 53.7 Å². The summed E-state index contributed by atoms with van der Waals surface area (Å²) in [5, 5.41) is 0. The van der Waals surface area contributed by atoms with E-state index in [9.17, 15) is 0 Å². The van der Waals surface area contributed by atoms with Crippen molar-refractivity contribution in [3.8, 4) is 23.0 Å². The summed E-state index contributed by atoms with van der Waals surface area (Å²) in [6.45, 7) is 0. The van der Waals surface area contributed by atoms with E-state index in [1.807, 2.05) is 24.3 Å². The van der Waals surface area contributed by atoms with Gasteiger partial charge in [0.25, 0.3) is 0 Å². The van der Waals surface area contributed by atoms with Gasteiger partial charge in [-0.1, -0.05) is 0 Å². The van der Waals surface area contributed by atoms with Crippen molar-refractivity contribution in [2.45, 2.75) is 0 Å². The second kappa shape index (κ2) is 5.31. The van der Waals surface area contributed by atoms with Gasteiger partial charge >= 0.3 is 0 Å².